The summed E-state index contributed by atoms with van der Waals surface area (Å²) in [6, 6.07) is 9.67. The molecule has 0 atom stereocenters. The molecule has 1 N–H and O–H groups in total. The zero-order valence-corrected chi connectivity index (χ0v) is 17.9. The Kier molecular flexibility index (Phi) is 5.09. The van der Waals surface area contributed by atoms with Crippen molar-refractivity contribution in [2.75, 3.05) is 11.9 Å². The number of anilines is 1. The lowest BCUT2D eigenvalue weighted by Gasteiger charge is -2.12. The molecule has 4 aromatic rings. The Balaban J connectivity index is 1.28. The maximum Gasteiger partial charge on any atom is 0.282 e. The maximum absolute atomic E-state index is 13.2. The number of hydrogen-bond acceptors (Lipinski definition) is 8. The van der Waals surface area contributed by atoms with Crippen molar-refractivity contribution in [3.05, 3.63) is 74.9 Å². The minimum Gasteiger partial charge on any atom is -0.293 e. The molecule has 0 aliphatic carbocycles. The predicted octanol–water partition coefficient (Wildman–Crippen LogP) is 3.13. The van der Waals surface area contributed by atoms with Gasteiger partial charge in [0.2, 0.25) is 16.8 Å². The van der Waals surface area contributed by atoms with E-state index in [1.165, 1.54) is 40.1 Å². The molecule has 0 radical (unpaired) electrons. The van der Waals surface area contributed by atoms with Crippen molar-refractivity contribution in [1.29, 1.82) is 0 Å². The third kappa shape index (κ3) is 3.57. The zero-order valence-electron chi connectivity index (χ0n) is 17.1. The van der Waals surface area contributed by atoms with Crippen LogP contribution in [0.2, 0.25) is 0 Å². The van der Waals surface area contributed by atoms with Crippen molar-refractivity contribution in [3.63, 3.8) is 0 Å². The first-order chi connectivity index (χ1) is 16.3. The average Bonchev–Trinajstić information content (AvgIpc) is 3.45. The molecule has 0 fully saturated rings. The van der Waals surface area contributed by atoms with Crippen molar-refractivity contribution < 1.29 is 23.7 Å². The molecule has 3 heterocycles. The van der Waals surface area contributed by atoms with Crippen LogP contribution in [-0.2, 0) is 4.79 Å². The van der Waals surface area contributed by atoms with Gasteiger partial charge < -0.3 is 0 Å². The van der Waals surface area contributed by atoms with Crippen LogP contribution >= 0.6 is 11.3 Å². The van der Waals surface area contributed by atoms with E-state index in [1.807, 2.05) is 0 Å². The standard InChI is InChI=1S/C21H13FN6O5S/c22-12-6-4-11(5-7-12)15-10-34-21-24-20(25-27(15)21)23-16(29)8-9-26-18(30)13-2-1-3-14(28(32)33)17(13)19(26)31/h1-7,10H,8-9H2,(H,23,25,29). The molecule has 1 aliphatic rings. The van der Waals surface area contributed by atoms with Gasteiger partial charge in [0.25, 0.3) is 17.5 Å². The van der Waals surface area contributed by atoms with Gasteiger partial charge in [0.1, 0.15) is 11.4 Å². The predicted molar refractivity (Wildman–Crippen MR) is 118 cm³/mol. The molecule has 13 heteroatoms. The number of imide groups is 1. The third-order valence-electron chi connectivity index (χ3n) is 5.21. The lowest BCUT2D eigenvalue weighted by atomic mass is 10.1. The Morgan fingerprint density at radius 1 is 1.15 bits per heavy atom. The van der Waals surface area contributed by atoms with E-state index in [-0.39, 0.29) is 35.9 Å². The number of rotatable bonds is 6. The number of nitrogens with one attached hydrogen (secondary N) is 1. The number of thiazole rings is 1. The largest absolute Gasteiger partial charge is 0.293 e. The van der Waals surface area contributed by atoms with E-state index in [1.54, 1.807) is 17.5 Å². The van der Waals surface area contributed by atoms with Gasteiger partial charge in [0, 0.05) is 30.0 Å². The van der Waals surface area contributed by atoms with Crippen LogP contribution < -0.4 is 5.32 Å². The second-order valence-corrected chi connectivity index (χ2v) is 8.11. The Bertz CT molecular complexity index is 1500. The van der Waals surface area contributed by atoms with Crippen LogP contribution in [0.4, 0.5) is 16.0 Å². The summed E-state index contributed by atoms with van der Waals surface area (Å²) >= 11 is 1.28. The Hall–Kier alpha value is -4.52. The summed E-state index contributed by atoms with van der Waals surface area (Å²) in [6.45, 7) is -0.265. The number of halogens is 1. The fourth-order valence-electron chi connectivity index (χ4n) is 3.62. The first kappa shape index (κ1) is 21.3. The van der Waals surface area contributed by atoms with Gasteiger partial charge in [0.15, 0.2) is 0 Å². The number of nitro benzene ring substituents is 1. The smallest absolute Gasteiger partial charge is 0.282 e. The highest BCUT2D eigenvalue weighted by Crippen LogP contribution is 2.31. The molecule has 2 aromatic carbocycles. The van der Waals surface area contributed by atoms with E-state index in [0.29, 0.717) is 10.7 Å². The van der Waals surface area contributed by atoms with Gasteiger partial charge in [-0.15, -0.1) is 16.4 Å². The molecule has 2 aromatic heterocycles. The molecule has 0 unspecified atom stereocenters. The maximum atomic E-state index is 13.2. The number of carbonyl (C=O) groups is 3. The quantitative estimate of drug-likeness (QED) is 0.254. The number of nitro groups is 1. The zero-order chi connectivity index (χ0) is 24.0. The van der Waals surface area contributed by atoms with Gasteiger partial charge in [-0.3, -0.25) is 34.7 Å². The van der Waals surface area contributed by atoms with E-state index in [2.05, 4.69) is 15.4 Å². The second kappa shape index (κ2) is 8.12. The van der Waals surface area contributed by atoms with Crippen LogP contribution in [0, 0.1) is 15.9 Å². The number of aromatic nitrogens is 3. The monoisotopic (exact) mass is 480 g/mol. The molecule has 5 rings (SSSR count). The molecule has 170 valence electrons. The van der Waals surface area contributed by atoms with Gasteiger partial charge in [0.05, 0.1) is 16.2 Å². The van der Waals surface area contributed by atoms with E-state index in [0.717, 1.165) is 16.5 Å². The summed E-state index contributed by atoms with van der Waals surface area (Å²) in [7, 11) is 0. The van der Waals surface area contributed by atoms with Crippen molar-refractivity contribution >= 4 is 45.7 Å². The highest BCUT2D eigenvalue weighted by molar-refractivity contribution is 7.15. The SMILES string of the molecule is O=C(CCN1C(=O)c2cccc([N+](=O)[O-])c2C1=O)Nc1nc2scc(-c3ccc(F)cc3)n2n1. The molecule has 0 saturated heterocycles. The fourth-order valence-corrected chi connectivity index (χ4v) is 4.46. The summed E-state index contributed by atoms with van der Waals surface area (Å²) in [5.74, 6) is -2.40. The Labute approximate surface area is 193 Å². The normalized spacial score (nSPS) is 12.9. The fraction of sp³-hybridized carbons (Fsp3) is 0.0952. The molecule has 3 amide bonds. The van der Waals surface area contributed by atoms with Crippen LogP contribution in [0.5, 0.6) is 0 Å². The number of carbonyl (C=O) groups excluding carboxylic acids is 3. The summed E-state index contributed by atoms with van der Waals surface area (Å²) in [5, 5.41) is 19.8. The molecule has 0 bridgehead atoms. The van der Waals surface area contributed by atoms with Crippen LogP contribution in [0.25, 0.3) is 16.2 Å². The highest BCUT2D eigenvalue weighted by Gasteiger charge is 2.40. The number of fused-ring (bicyclic) bond motifs is 2. The van der Waals surface area contributed by atoms with Gasteiger partial charge >= 0.3 is 0 Å². The minimum absolute atomic E-state index is 0.0261. The molecule has 34 heavy (non-hydrogen) atoms. The van der Waals surface area contributed by atoms with E-state index in [9.17, 15) is 28.9 Å². The van der Waals surface area contributed by atoms with Crippen molar-refractivity contribution in [2.24, 2.45) is 0 Å². The van der Waals surface area contributed by atoms with E-state index >= 15 is 0 Å². The molecular formula is C21H13FN6O5S. The Morgan fingerprint density at radius 3 is 2.65 bits per heavy atom. The molecule has 0 spiro atoms. The first-order valence-electron chi connectivity index (χ1n) is 9.87. The third-order valence-corrected chi connectivity index (χ3v) is 6.03. The molecule has 1 aliphatic heterocycles. The van der Waals surface area contributed by atoms with Crippen molar-refractivity contribution in [2.45, 2.75) is 6.42 Å². The topological polar surface area (TPSA) is 140 Å². The number of amides is 3. The summed E-state index contributed by atoms with van der Waals surface area (Å²) in [4.78, 5) is 53.6. The number of nitrogens with zero attached hydrogens (tertiary/aromatic N) is 5. The van der Waals surface area contributed by atoms with Gasteiger partial charge in [-0.05, 0) is 30.3 Å². The Morgan fingerprint density at radius 2 is 1.91 bits per heavy atom. The highest BCUT2D eigenvalue weighted by atomic mass is 32.1. The second-order valence-electron chi connectivity index (χ2n) is 7.27. The van der Waals surface area contributed by atoms with Crippen molar-refractivity contribution in [1.82, 2.24) is 19.5 Å². The number of hydrogen-bond donors (Lipinski definition) is 1. The molecule has 0 saturated carbocycles. The average molecular weight is 480 g/mol. The summed E-state index contributed by atoms with van der Waals surface area (Å²) < 4.78 is 14.7. The molecular weight excluding hydrogens is 467 g/mol. The summed E-state index contributed by atoms with van der Waals surface area (Å²) in [5.41, 5.74) is 0.587. The van der Waals surface area contributed by atoms with Gasteiger partial charge in [-0.2, -0.15) is 4.98 Å². The van der Waals surface area contributed by atoms with Crippen molar-refractivity contribution in [3.8, 4) is 11.3 Å². The van der Waals surface area contributed by atoms with E-state index in [4.69, 9.17) is 0 Å². The summed E-state index contributed by atoms with van der Waals surface area (Å²) in [6.07, 6.45) is -0.253. The van der Waals surface area contributed by atoms with Gasteiger partial charge in [-0.25, -0.2) is 8.91 Å². The van der Waals surface area contributed by atoms with Crippen LogP contribution in [0.15, 0.2) is 47.8 Å². The minimum atomic E-state index is -0.815. The lowest BCUT2D eigenvalue weighted by Crippen LogP contribution is -2.33. The van der Waals surface area contributed by atoms with Crippen LogP contribution in [0.3, 0.4) is 0 Å². The number of benzene rings is 2. The molecule has 11 nitrogen and oxygen atoms in total. The van der Waals surface area contributed by atoms with Crippen LogP contribution in [0.1, 0.15) is 27.1 Å². The first-order valence-corrected chi connectivity index (χ1v) is 10.7. The van der Waals surface area contributed by atoms with Gasteiger partial charge in [-0.1, -0.05) is 6.07 Å². The van der Waals surface area contributed by atoms with E-state index < -0.39 is 28.3 Å². The van der Waals surface area contributed by atoms with Crippen LogP contribution in [-0.4, -0.2) is 48.7 Å². The lowest BCUT2D eigenvalue weighted by molar-refractivity contribution is -0.385.